The minimum absolute atomic E-state index is 0.0268. The molecule has 1 amide bonds. The molecule has 1 aliphatic carbocycles. The van der Waals surface area contributed by atoms with Gasteiger partial charge in [0.15, 0.2) is 0 Å². The average molecular weight is 449 g/mol. The van der Waals surface area contributed by atoms with E-state index in [1.807, 2.05) is 19.1 Å². The number of piperidine rings is 1. The van der Waals surface area contributed by atoms with Crippen LogP contribution < -0.4 is 4.72 Å². The van der Waals surface area contributed by atoms with Gasteiger partial charge in [0.05, 0.1) is 11.8 Å². The van der Waals surface area contributed by atoms with Crippen LogP contribution in [0.5, 0.6) is 0 Å². The largest absolute Gasteiger partial charge is 0.341 e. The van der Waals surface area contributed by atoms with Crippen molar-refractivity contribution in [2.75, 3.05) is 19.3 Å². The molecule has 166 valence electrons. The van der Waals surface area contributed by atoms with Crippen molar-refractivity contribution in [1.82, 2.24) is 9.62 Å². The van der Waals surface area contributed by atoms with Gasteiger partial charge in [-0.05, 0) is 47.9 Å². The van der Waals surface area contributed by atoms with Crippen LogP contribution in [0.25, 0.3) is 11.1 Å². The quantitative estimate of drug-likeness (QED) is 0.761. The molecule has 1 saturated heterocycles. The normalized spacial score (nSPS) is 26.0. The lowest BCUT2D eigenvalue weighted by Gasteiger charge is -2.37. The first kappa shape index (κ1) is 21.9. The molecule has 31 heavy (non-hydrogen) atoms. The van der Waals surface area contributed by atoms with E-state index in [0.717, 1.165) is 11.8 Å². The molecule has 5 nitrogen and oxygen atoms in total. The number of halogens is 2. The molecule has 4 unspecified atom stereocenters. The van der Waals surface area contributed by atoms with Crippen LogP contribution in [0.2, 0.25) is 0 Å². The summed E-state index contributed by atoms with van der Waals surface area (Å²) in [6, 6.07) is 10.5. The number of likely N-dealkylation sites (tertiary alicyclic amines) is 1. The zero-order chi connectivity index (χ0) is 22.3. The molecule has 0 bridgehead atoms. The first-order valence-corrected chi connectivity index (χ1v) is 12.3. The van der Waals surface area contributed by atoms with Gasteiger partial charge in [0.25, 0.3) is 0 Å². The molecule has 0 radical (unpaired) electrons. The summed E-state index contributed by atoms with van der Waals surface area (Å²) in [7, 11) is -3.37. The summed E-state index contributed by atoms with van der Waals surface area (Å²) in [5.41, 5.74) is 1.17. The third-order valence-electron chi connectivity index (χ3n) is 6.34. The van der Waals surface area contributed by atoms with Crippen molar-refractivity contribution in [2.45, 2.75) is 31.7 Å². The summed E-state index contributed by atoms with van der Waals surface area (Å²) in [6.45, 7) is 2.89. The predicted molar refractivity (Wildman–Crippen MR) is 115 cm³/mol. The molecule has 2 aliphatic rings. The number of carbonyl (C=O) groups excluding carboxylic acids is 1. The minimum atomic E-state index is -3.37. The van der Waals surface area contributed by atoms with Gasteiger partial charge >= 0.3 is 0 Å². The van der Waals surface area contributed by atoms with Crippen LogP contribution in [0.1, 0.15) is 31.2 Å². The Labute approximate surface area is 181 Å². The fourth-order valence-corrected chi connectivity index (χ4v) is 5.40. The number of amides is 1. The highest BCUT2D eigenvalue weighted by molar-refractivity contribution is 7.88. The molecule has 1 N–H and O–H groups in total. The number of hydrogen-bond acceptors (Lipinski definition) is 3. The van der Waals surface area contributed by atoms with Crippen molar-refractivity contribution in [2.24, 2.45) is 11.8 Å². The van der Waals surface area contributed by atoms with Crippen LogP contribution in [-0.2, 0) is 14.8 Å². The lowest BCUT2D eigenvalue weighted by molar-refractivity contribution is -0.134. The monoisotopic (exact) mass is 448 g/mol. The van der Waals surface area contributed by atoms with Crippen molar-refractivity contribution in [1.29, 1.82) is 0 Å². The Morgan fingerprint density at radius 1 is 1.10 bits per heavy atom. The highest BCUT2D eigenvalue weighted by atomic mass is 32.2. The van der Waals surface area contributed by atoms with Crippen LogP contribution in [0.15, 0.2) is 42.5 Å². The Morgan fingerprint density at radius 3 is 2.45 bits per heavy atom. The van der Waals surface area contributed by atoms with E-state index in [2.05, 4.69) is 4.72 Å². The maximum Gasteiger partial charge on any atom is 0.226 e. The molecule has 2 fully saturated rings. The van der Waals surface area contributed by atoms with E-state index in [4.69, 9.17) is 0 Å². The Morgan fingerprint density at radius 2 is 1.77 bits per heavy atom. The molecule has 1 heterocycles. The van der Waals surface area contributed by atoms with Gasteiger partial charge in [-0.3, -0.25) is 4.79 Å². The standard InChI is InChI=1S/C23H26F2N2O3S/c1-14-10-11-27(13-21(14)26-31(2,29)30)23(28)18-12-17(18)15-6-3-4-7-16(15)22-19(24)8-5-9-20(22)25/h3-9,14,17-18,21,26H,10-13H2,1-2H3. The first-order chi connectivity index (χ1) is 14.7. The molecule has 1 saturated carbocycles. The summed E-state index contributed by atoms with van der Waals surface area (Å²) in [6.07, 6.45) is 2.45. The summed E-state index contributed by atoms with van der Waals surface area (Å²) >= 11 is 0. The van der Waals surface area contributed by atoms with Gasteiger partial charge in [0.2, 0.25) is 15.9 Å². The molecular weight excluding hydrogens is 422 g/mol. The summed E-state index contributed by atoms with van der Waals surface area (Å²) in [5.74, 6) is -1.52. The second-order valence-electron chi connectivity index (χ2n) is 8.68. The molecule has 1 aliphatic heterocycles. The van der Waals surface area contributed by atoms with E-state index in [1.165, 1.54) is 18.2 Å². The van der Waals surface area contributed by atoms with Crippen molar-refractivity contribution < 1.29 is 22.0 Å². The SMILES string of the molecule is CC1CCN(C(=O)C2CC2c2ccccc2-c2c(F)cccc2F)CC1NS(C)(=O)=O. The fourth-order valence-electron chi connectivity index (χ4n) is 4.55. The zero-order valence-electron chi connectivity index (χ0n) is 17.5. The number of sulfonamides is 1. The van der Waals surface area contributed by atoms with Gasteiger partial charge in [0, 0.05) is 25.0 Å². The fraction of sp³-hybridized carbons (Fsp3) is 0.435. The maximum atomic E-state index is 14.4. The zero-order valence-corrected chi connectivity index (χ0v) is 18.3. The third kappa shape index (κ3) is 4.65. The second-order valence-corrected chi connectivity index (χ2v) is 10.5. The number of hydrogen-bond donors (Lipinski definition) is 1. The second kappa shape index (κ2) is 8.31. The number of rotatable bonds is 5. The van der Waals surface area contributed by atoms with Gasteiger partial charge in [0.1, 0.15) is 11.6 Å². The van der Waals surface area contributed by atoms with Crippen molar-refractivity contribution in [3.8, 4) is 11.1 Å². The number of nitrogens with one attached hydrogen (secondary N) is 1. The molecule has 2 aromatic rings. The molecule has 4 atom stereocenters. The van der Waals surface area contributed by atoms with E-state index < -0.39 is 21.7 Å². The smallest absolute Gasteiger partial charge is 0.226 e. The van der Waals surface area contributed by atoms with Gasteiger partial charge < -0.3 is 4.90 Å². The Hall–Kier alpha value is -2.32. The average Bonchev–Trinajstić information content (AvgIpc) is 3.49. The van der Waals surface area contributed by atoms with Crippen molar-refractivity contribution >= 4 is 15.9 Å². The lowest BCUT2D eigenvalue weighted by atomic mass is 9.93. The van der Waals surface area contributed by atoms with Crippen molar-refractivity contribution in [3.05, 3.63) is 59.7 Å². The van der Waals surface area contributed by atoms with E-state index in [-0.39, 0.29) is 35.3 Å². The van der Waals surface area contributed by atoms with E-state index in [0.29, 0.717) is 31.5 Å². The highest BCUT2D eigenvalue weighted by Crippen LogP contribution is 2.51. The summed E-state index contributed by atoms with van der Waals surface area (Å²) < 4.78 is 54.7. The minimum Gasteiger partial charge on any atom is -0.341 e. The number of carbonyl (C=O) groups is 1. The molecule has 2 aromatic carbocycles. The first-order valence-electron chi connectivity index (χ1n) is 10.4. The number of benzene rings is 2. The third-order valence-corrected chi connectivity index (χ3v) is 7.07. The molecule has 0 spiro atoms. The van der Waals surface area contributed by atoms with Gasteiger partial charge in [-0.25, -0.2) is 21.9 Å². The molecule has 8 heteroatoms. The Balaban J connectivity index is 1.53. The van der Waals surface area contributed by atoms with E-state index in [1.54, 1.807) is 17.0 Å². The highest BCUT2D eigenvalue weighted by Gasteiger charge is 2.47. The Kier molecular flexibility index (Phi) is 5.87. The van der Waals surface area contributed by atoms with Crippen LogP contribution in [0.3, 0.4) is 0 Å². The Bertz CT molecular complexity index is 1090. The maximum absolute atomic E-state index is 14.4. The van der Waals surface area contributed by atoms with Crippen LogP contribution in [0, 0.1) is 23.5 Å². The van der Waals surface area contributed by atoms with Gasteiger partial charge in [-0.2, -0.15) is 0 Å². The lowest BCUT2D eigenvalue weighted by Crippen LogP contribution is -2.53. The van der Waals surface area contributed by atoms with Crippen LogP contribution in [0.4, 0.5) is 8.78 Å². The summed E-state index contributed by atoms with van der Waals surface area (Å²) in [4.78, 5) is 14.9. The van der Waals surface area contributed by atoms with Crippen molar-refractivity contribution in [3.63, 3.8) is 0 Å². The summed E-state index contributed by atoms with van der Waals surface area (Å²) in [5, 5.41) is 0. The molecule has 0 aromatic heterocycles. The van der Waals surface area contributed by atoms with Gasteiger partial charge in [-0.1, -0.05) is 37.3 Å². The van der Waals surface area contributed by atoms with Crippen LogP contribution >= 0.6 is 0 Å². The van der Waals surface area contributed by atoms with E-state index in [9.17, 15) is 22.0 Å². The topological polar surface area (TPSA) is 66.5 Å². The van der Waals surface area contributed by atoms with E-state index >= 15 is 0 Å². The number of nitrogens with zero attached hydrogens (tertiary/aromatic N) is 1. The van der Waals surface area contributed by atoms with Crippen LogP contribution in [-0.4, -0.2) is 44.6 Å². The van der Waals surface area contributed by atoms with Gasteiger partial charge in [-0.15, -0.1) is 0 Å². The molecular formula is C23H26F2N2O3S. The molecule has 4 rings (SSSR count). The predicted octanol–water partition coefficient (Wildman–Crippen LogP) is 3.52.